The number of nitrogens with zero attached hydrogens (tertiary/aromatic N) is 1. The van der Waals surface area contributed by atoms with Crippen LogP contribution in [-0.4, -0.2) is 17.3 Å². The summed E-state index contributed by atoms with van der Waals surface area (Å²) >= 11 is 0. The van der Waals surface area contributed by atoms with Gasteiger partial charge in [-0.05, 0) is 38.0 Å². The normalized spacial score (nSPS) is 14.3. The molecule has 5 heteroatoms. The predicted octanol–water partition coefficient (Wildman–Crippen LogP) is 2.84. The van der Waals surface area contributed by atoms with E-state index >= 15 is 0 Å². The fraction of sp³-hybridized carbons (Fsp3) is 0.188. The number of hydrogen-bond acceptors (Lipinski definition) is 4. The number of amides is 1. The summed E-state index contributed by atoms with van der Waals surface area (Å²) in [6, 6.07) is 9.31. The van der Waals surface area contributed by atoms with E-state index in [0.29, 0.717) is 0 Å². The van der Waals surface area contributed by atoms with Crippen LogP contribution in [0.25, 0.3) is 0 Å². The highest BCUT2D eigenvalue weighted by atomic mass is 16.2. The molecule has 2 rings (SSSR count). The van der Waals surface area contributed by atoms with Crippen LogP contribution >= 0.6 is 0 Å². The van der Waals surface area contributed by atoms with E-state index in [2.05, 4.69) is 15.8 Å². The van der Waals surface area contributed by atoms with Crippen LogP contribution < -0.4 is 10.7 Å². The zero-order valence-corrected chi connectivity index (χ0v) is 11.9. The van der Waals surface area contributed by atoms with Gasteiger partial charge in [0.15, 0.2) is 5.71 Å². The Balaban J connectivity index is 2.07. The molecule has 1 aromatic rings. The van der Waals surface area contributed by atoms with Gasteiger partial charge in [0.2, 0.25) is 0 Å². The second kappa shape index (κ2) is 7.19. The highest BCUT2D eigenvalue weighted by molar-refractivity contribution is 6.66. The highest BCUT2D eigenvalue weighted by Crippen LogP contribution is 2.09. The third-order valence-corrected chi connectivity index (χ3v) is 2.93. The summed E-state index contributed by atoms with van der Waals surface area (Å²) in [5.74, 6) is -0.368. The SMILES string of the molecule is CC(=N)C(=NNc1ccccc1)C(=O)NC1=CC=CCC1. The fourth-order valence-corrected chi connectivity index (χ4v) is 1.85. The summed E-state index contributed by atoms with van der Waals surface area (Å²) < 4.78 is 0. The third kappa shape index (κ3) is 4.42. The van der Waals surface area contributed by atoms with Crippen LogP contribution in [0.15, 0.2) is 59.4 Å². The molecule has 0 atom stereocenters. The first-order valence-corrected chi connectivity index (χ1v) is 6.78. The lowest BCUT2D eigenvalue weighted by Crippen LogP contribution is -2.35. The molecule has 0 saturated carbocycles. The Morgan fingerprint density at radius 3 is 2.67 bits per heavy atom. The molecule has 0 unspecified atom stereocenters. The molecule has 0 spiro atoms. The Morgan fingerprint density at radius 2 is 2.05 bits per heavy atom. The van der Waals surface area contributed by atoms with E-state index in [-0.39, 0.29) is 17.3 Å². The van der Waals surface area contributed by atoms with Crippen LogP contribution in [0.3, 0.4) is 0 Å². The van der Waals surface area contributed by atoms with Gasteiger partial charge in [0, 0.05) is 5.70 Å². The Hall–Kier alpha value is -2.69. The van der Waals surface area contributed by atoms with E-state index in [1.807, 2.05) is 48.6 Å². The van der Waals surface area contributed by atoms with Crippen molar-refractivity contribution in [2.75, 3.05) is 5.43 Å². The van der Waals surface area contributed by atoms with Gasteiger partial charge in [0.05, 0.1) is 11.4 Å². The summed E-state index contributed by atoms with van der Waals surface area (Å²) in [6.07, 6.45) is 7.52. The van der Waals surface area contributed by atoms with E-state index < -0.39 is 0 Å². The number of nitrogens with one attached hydrogen (secondary N) is 3. The Morgan fingerprint density at radius 1 is 1.29 bits per heavy atom. The Kier molecular flexibility index (Phi) is 5.04. The average molecular weight is 282 g/mol. The molecule has 5 nitrogen and oxygen atoms in total. The third-order valence-electron chi connectivity index (χ3n) is 2.93. The highest BCUT2D eigenvalue weighted by Gasteiger charge is 2.15. The van der Waals surface area contributed by atoms with Gasteiger partial charge < -0.3 is 10.7 Å². The number of hydrogen-bond donors (Lipinski definition) is 3. The van der Waals surface area contributed by atoms with Gasteiger partial charge in [0.25, 0.3) is 5.91 Å². The van der Waals surface area contributed by atoms with Crippen molar-refractivity contribution in [3.63, 3.8) is 0 Å². The number of carbonyl (C=O) groups excluding carboxylic acids is 1. The van der Waals surface area contributed by atoms with E-state index in [1.165, 1.54) is 0 Å². The van der Waals surface area contributed by atoms with Gasteiger partial charge in [-0.3, -0.25) is 10.2 Å². The molecule has 1 aliphatic carbocycles. The summed E-state index contributed by atoms with van der Waals surface area (Å²) in [6.45, 7) is 1.54. The number of hydrazone groups is 1. The smallest absolute Gasteiger partial charge is 0.277 e. The van der Waals surface area contributed by atoms with Crippen molar-refractivity contribution in [1.82, 2.24) is 5.32 Å². The van der Waals surface area contributed by atoms with Gasteiger partial charge in [-0.1, -0.05) is 30.4 Å². The molecule has 1 aliphatic rings. The lowest BCUT2D eigenvalue weighted by atomic mass is 10.1. The van der Waals surface area contributed by atoms with Crippen molar-refractivity contribution < 1.29 is 4.79 Å². The van der Waals surface area contributed by atoms with Gasteiger partial charge in [-0.15, -0.1) is 0 Å². The number of anilines is 1. The van der Waals surface area contributed by atoms with Crippen molar-refractivity contribution in [3.05, 3.63) is 54.3 Å². The van der Waals surface area contributed by atoms with Gasteiger partial charge in [-0.25, -0.2) is 0 Å². The number of allylic oxidation sites excluding steroid dienone is 4. The molecule has 3 N–H and O–H groups in total. The van der Waals surface area contributed by atoms with Crippen molar-refractivity contribution >= 4 is 23.0 Å². The average Bonchev–Trinajstić information content (AvgIpc) is 2.49. The monoisotopic (exact) mass is 282 g/mol. The van der Waals surface area contributed by atoms with E-state index in [1.54, 1.807) is 6.92 Å². The lowest BCUT2D eigenvalue weighted by molar-refractivity contribution is -0.114. The molecule has 0 radical (unpaired) electrons. The molecule has 21 heavy (non-hydrogen) atoms. The van der Waals surface area contributed by atoms with Crippen LogP contribution in [0, 0.1) is 5.41 Å². The second-order valence-corrected chi connectivity index (χ2v) is 4.68. The minimum atomic E-state index is -0.368. The summed E-state index contributed by atoms with van der Waals surface area (Å²) in [5, 5.41) is 14.5. The number of para-hydroxylation sites is 1. The largest absolute Gasteiger partial charge is 0.324 e. The molecule has 0 saturated heterocycles. The van der Waals surface area contributed by atoms with Gasteiger partial charge in [-0.2, -0.15) is 5.10 Å². The minimum Gasteiger partial charge on any atom is -0.324 e. The Labute approximate surface area is 124 Å². The van der Waals surface area contributed by atoms with Gasteiger partial charge in [0.1, 0.15) is 0 Å². The van der Waals surface area contributed by atoms with Crippen LogP contribution in [0.1, 0.15) is 19.8 Å². The zero-order chi connectivity index (χ0) is 15.1. The first-order valence-electron chi connectivity index (χ1n) is 6.78. The number of rotatable bonds is 5. The Bertz CT molecular complexity index is 614. The maximum absolute atomic E-state index is 12.2. The summed E-state index contributed by atoms with van der Waals surface area (Å²) in [4.78, 5) is 12.2. The molecular weight excluding hydrogens is 264 g/mol. The van der Waals surface area contributed by atoms with Gasteiger partial charge >= 0.3 is 0 Å². The van der Waals surface area contributed by atoms with Crippen molar-refractivity contribution in [3.8, 4) is 0 Å². The van der Waals surface area contributed by atoms with Crippen molar-refractivity contribution in [2.24, 2.45) is 5.10 Å². The molecule has 0 aliphatic heterocycles. The first kappa shape index (κ1) is 14.7. The van der Waals surface area contributed by atoms with Crippen LogP contribution in [0.4, 0.5) is 5.69 Å². The quantitative estimate of drug-likeness (QED) is 0.573. The summed E-state index contributed by atoms with van der Waals surface area (Å²) in [7, 11) is 0. The molecule has 0 bridgehead atoms. The van der Waals surface area contributed by atoms with E-state index in [9.17, 15) is 4.79 Å². The second-order valence-electron chi connectivity index (χ2n) is 4.68. The standard InChI is InChI=1S/C16H18N4O/c1-12(17)15(20-19-14-10-6-3-7-11-14)16(21)18-13-8-4-2-5-9-13/h2-4,6-8,10-11,17,19H,5,9H2,1H3,(H,18,21). The van der Waals surface area contributed by atoms with Crippen LogP contribution in [0.5, 0.6) is 0 Å². The molecule has 108 valence electrons. The molecule has 0 aromatic heterocycles. The summed E-state index contributed by atoms with van der Waals surface area (Å²) in [5.41, 5.74) is 4.60. The van der Waals surface area contributed by atoms with Crippen molar-refractivity contribution in [1.29, 1.82) is 5.41 Å². The topological polar surface area (TPSA) is 77.3 Å². The van der Waals surface area contributed by atoms with E-state index in [0.717, 1.165) is 24.2 Å². The number of benzene rings is 1. The number of carbonyl (C=O) groups is 1. The van der Waals surface area contributed by atoms with Crippen LogP contribution in [-0.2, 0) is 4.79 Å². The molecular formula is C16H18N4O. The maximum Gasteiger partial charge on any atom is 0.277 e. The van der Waals surface area contributed by atoms with Crippen LogP contribution in [0.2, 0.25) is 0 Å². The predicted molar refractivity (Wildman–Crippen MR) is 85.5 cm³/mol. The molecule has 1 aromatic carbocycles. The maximum atomic E-state index is 12.2. The minimum absolute atomic E-state index is 0.0781. The molecule has 1 amide bonds. The molecule has 0 heterocycles. The molecule has 0 fully saturated rings. The zero-order valence-electron chi connectivity index (χ0n) is 11.9. The van der Waals surface area contributed by atoms with Crippen molar-refractivity contribution in [2.45, 2.75) is 19.8 Å². The lowest BCUT2D eigenvalue weighted by Gasteiger charge is -2.12. The fourth-order valence-electron chi connectivity index (χ4n) is 1.85. The van der Waals surface area contributed by atoms with E-state index in [4.69, 9.17) is 5.41 Å². The first-order chi connectivity index (χ1) is 10.2.